The summed E-state index contributed by atoms with van der Waals surface area (Å²) in [4.78, 5) is 2.46. The number of hydrogen-bond donors (Lipinski definition) is 4. The molecule has 67 heavy (non-hydrogen) atoms. The second-order valence-electron chi connectivity index (χ2n) is 13.4. The summed E-state index contributed by atoms with van der Waals surface area (Å²) in [5.74, 6) is 0. The Morgan fingerprint density at radius 3 is 0.896 bits per heavy atom. The molecule has 0 rings (SSSR count). The zero-order valence-electron chi connectivity index (χ0n) is 43.9. The van der Waals surface area contributed by atoms with Gasteiger partial charge in [-0.05, 0) is 58.2 Å². The second kappa shape index (κ2) is 87.7. The van der Waals surface area contributed by atoms with Crippen molar-refractivity contribution in [2.45, 2.75) is 44.9 Å². The lowest BCUT2D eigenvalue weighted by Gasteiger charge is -2.22. The number of nitrogens with one attached hydrogen (secondary N) is 1. The largest absolute Gasteiger partial charge is 0.400 e. The van der Waals surface area contributed by atoms with Crippen molar-refractivity contribution in [1.82, 2.24) is 10.2 Å². The van der Waals surface area contributed by atoms with Crippen molar-refractivity contribution in [3.8, 4) is 6.07 Å². The van der Waals surface area contributed by atoms with Crippen LogP contribution in [0.2, 0.25) is 0 Å². The van der Waals surface area contributed by atoms with E-state index >= 15 is 0 Å². The van der Waals surface area contributed by atoms with Gasteiger partial charge in [0.05, 0.1) is 125 Å². The van der Waals surface area contributed by atoms with E-state index in [0.717, 1.165) is 118 Å². The fourth-order valence-electron chi connectivity index (χ4n) is 4.33. The van der Waals surface area contributed by atoms with Crippen molar-refractivity contribution in [3.63, 3.8) is 0 Å². The molecule has 21 nitrogen and oxygen atoms in total. The van der Waals surface area contributed by atoms with E-state index in [1.54, 1.807) is 56.9 Å². The van der Waals surface area contributed by atoms with E-state index in [9.17, 15) is 0 Å². The minimum atomic E-state index is 0.122. The van der Waals surface area contributed by atoms with Gasteiger partial charge in [0.25, 0.3) is 0 Å². The minimum absolute atomic E-state index is 0.122. The minimum Gasteiger partial charge on any atom is -0.400 e. The van der Waals surface area contributed by atoms with Gasteiger partial charge in [-0.1, -0.05) is 0 Å². The number of nitriles is 1. The highest BCUT2D eigenvalue weighted by molar-refractivity contribution is 4.67. The maximum atomic E-state index is 8.06. The summed E-state index contributed by atoms with van der Waals surface area (Å²) in [5.41, 5.74) is 5.23. The van der Waals surface area contributed by atoms with E-state index < -0.39 is 0 Å². The molecular formula is C46H104N4O17. The molecule has 0 bridgehead atoms. The van der Waals surface area contributed by atoms with Gasteiger partial charge < -0.3 is 97.2 Å². The van der Waals surface area contributed by atoms with Crippen LogP contribution in [0.5, 0.6) is 0 Å². The Kier molecular flexibility index (Phi) is 101. The number of methoxy groups -OCH3 is 8. The van der Waals surface area contributed by atoms with Crippen LogP contribution in [0.1, 0.15) is 44.9 Å². The van der Waals surface area contributed by atoms with Gasteiger partial charge in [0.2, 0.25) is 0 Å². The molecule has 21 heteroatoms. The molecule has 0 aromatic carbocycles. The lowest BCUT2D eigenvalue weighted by atomic mass is 10.3. The molecule has 0 aliphatic rings. The Bertz CT molecular complexity index is 729. The van der Waals surface area contributed by atoms with Gasteiger partial charge in [-0.15, -0.1) is 0 Å². The molecule has 0 aliphatic heterocycles. The molecule has 0 atom stereocenters. The smallest absolute Gasteiger partial charge is 0.0700 e. The third kappa shape index (κ3) is 98.9. The molecule has 410 valence electrons. The molecule has 0 fully saturated rings. The molecule has 0 saturated heterocycles. The average molecular weight is 985 g/mol. The monoisotopic (exact) mass is 985 g/mol. The Labute approximate surface area is 408 Å². The number of nitrogens with zero attached hydrogens (tertiary/aromatic N) is 2. The lowest BCUT2D eigenvalue weighted by Crippen LogP contribution is -2.29. The summed E-state index contributed by atoms with van der Waals surface area (Å²) in [6.45, 7) is 20.7. The number of ether oxygens (including phenoxy) is 15. The highest BCUT2D eigenvalue weighted by Gasteiger charge is 2.05. The first kappa shape index (κ1) is 77.2. The second-order valence-corrected chi connectivity index (χ2v) is 13.4. The predicted molar refractivity (Wildman–Crippen MR) is 262 cm³/mol. The maximum Gasteiger partial charge on any atom is 0.0700 e. The number of rotatable bonds is 48. The van der Waals surface area contributed by atoms with Crippen LogP contribution >= 0.6 is 0 Å². The Morgan fingerprint density at radius 1 is 0.388 bits per heavy atom. The van der Waals surface area contributed by atoms with Gasteiger partial charge >= 0.3 is 0 Å². The lowest BCUT2D eigenvalue weighted by molar-refractivity contribution is 0.0533. The zero-order valence-corrected chi connectivity index (χ0v) is 43.9. The van der Waals surface area contributed by atoms with Gasteiger partial charge in [-0.3, -0.25) is 0 Å². The first-order valence-electron chi connectivity index (χ1n) is 23.5. The molecule has 0 aliphatic carbocycles. The van der Waals surface area contributed by atoms with Crippen LogP contribution < -0.4 is 11.1 Å². The molecule has 0 unspecified atom stereocenters. The van der Waals surface area contributed by atoms with Gasteiger partial charge in [0, 0.05) is 123 Å². The number of hydrogen-bond acceptors (Lipinski definition) is 21. The van der Waals surface area contributed by atoms with Crippen LogP contribution in [0.15, 0.2) is 0 Å². The van der Waals surface area contributed by atoms with E-state index in [0.29, 0.717) is 119 Å². The number of nitrogens with two attached hydrogens (primary N) is 1. The third-order valence-electron chi connectivity index (χ3n) is 7.74. The summed E-state index contributed by atoms with van der Waals surface area (Å²) in [6.07, 6.45) is 6.55. The third-order valence-corrected chi connectivity index (χ3v) is 7.74. The molecule has 0 aromatic heterocycles. The first-order valence-corrected chi connectivity index (χ1v) is 23.5. The summed E-state index contributed by atoms with van der Waals surface area (Å²) < 4.78 is 76.0. The molecule has 5 N–H and O–H groups in total. The van der Waals surface area contributed by atoms with Gasteiger partial charge in [0.1, 0.15) is 0 Å². The van der Waals surface area contributed by atoms with Crippen molar-refractivity contribution in [3.05, 3.63) is 0 Å². The Hall–Kier alpha value is -1.31. The molecule has 0 radical (unpaired) electrons. The summed E-state index contributed by atoms with van der Waals surface area (Å²) in [6, 6.07) is 1.98. The van der Waals surface area contributed by atoms with E-state index in [-0.39, 0.29) is 6.61 Å². The van der Waals surface area contributed by atoms with Crippen LogP contribution in [-0.2, 0) is 71.1 Å². The summed E-state index contributed by atoms with van der Waals surface area (Å²) >= 11 is 0. The molecule has 0 aromatic rings. The highest BCUT2D eigenvalue weighted by atomic mass is 16.5. The quantitative estimate of drug-likeness (QED) is 0.0637. The predicted octanol–water partition coefficient (Wildman–Crippen LogP) is 1.92. The van der Waals surface area contributed by atoms with E-state index in [2.05, 4.69) is 15.0 Å². The van der Waals surface area contributed by atoms with Crippen molar-refractivity contribution in [2.75, 3.05) is 255 Å². The Morgan fingerprint density at radius 2 is 0.657 bits per heavy atom. The van der Waals surface area contributed by atoms with Crippen molar-refractivity contribution in [2.24, 2.45) is 5.73 Å². The van der Waals surface area contributed by atoms with Gasteiger partial charge in [-0.25, -0.2) is 0 Å². The van der Waals surface area contributed by atoms with E-state index in [1.807, 2.05) is 6.07 Å². The van der Waals surface area contributed by atoms with Crippen LogP contribution in [0.25, 0.3) is 0 Å². The fraction of sp³-hybridized carbons (Fsp3) is 0.978. The first-order chi connectivity index (χ1) is 33.0. The average Bonchev–Trinajstić information content (AvgIpc) is 3.35. The van der Waals surface area contributed by atoms with Crippen LogP contribution in [0.4, 0.5) is 0 Å². The van der Waals surface area contributed by atoms with Crippen molar-refractivity contribution in [1.29, 1.82) is 5.26 Å². The number of aliphatic hydroxyl groups is 2. The van der Waals surface area contributed by atoms with Gasteiger partial charge in [-0.2, -0.15) is 5.26 Å². The van der Waals surface area contributed by atoms with Crippen molar-refractivity contribution >= 4 is 0 Å². The standard InChI is InChI=1S/C18H39NO6.C12H27NO4.C6H15NO2.C6H11NO2.C3H8O2.CH4O/c1-20-13-16-23-10-4-7-19(8-5-11-24-17-14-21-2)9-6-12-25-18-15-22-3;1-14-9-11-16-7-3-5-13-6-4-8-17-12-10-15-2;2*1-8-5-6-9-4-2-3-7;1-5-3-2-4;1-2/h4-18H2,1-3H3;13H,3-12H2,1-2H3;2-7H2,1H3;2,4-6H2,1H3;4H,2-3H2,1H3;2H,1H3. The molecule has 0 amide bonds. The topological polar surface area (TPSA) is 244 Å². The Balaban J connectivity index is -0.000000190. The summed E-state index contributed by atoms with van der Waals surface area (Å²) in [5, 5.41) is 26.3. The molecule has 0 saturated carbocycles. The fourth-order valence-corrected chi connectivity index (χ4v) is 4.33. The van der Waals surface area contributed by atoms with Crippen LogP contribution in [0, 0.1) is 11.3 Å². The molecule has 0 heterocycles. The SMILES string of the molecule is CO.COCCO.COCCOCCC#N.COCCOCCCN.COCCOCCCN(CCCOCCOC)CCCOCCOC.COCCOCCCNCCCOCCOC. The van der Waals surface area contributed by atoms with E-state index in [1.165, 1.54) is 0 Å². The molecular weight excluding hydrogens is 881 g/mol. The highest BCUT2D eigenvalue weighted by Crippen LogP contribution is 1.99. The normalized spacial score (nSPS) is 10.3. The van der Waals surface area contributed by atoms with E-state index in [4.69, 9.17) is 87.5 Å². The maximum absolute atomic E-state index is 8.06. The van der Waals surface area contributed by atoms with Crippen molar-refractivity contribution < 1.29 is 81.3 Å². The zero-order chi connectivity index (χ0) is 51.1. The number of aliphatic hydroxyl groups excluding tert-OH is 2. The van der Waals surface area contributed by atoms with Crippen LogP contribution in [0.3, 0.4) is 0 Å². The van der Waals surface area contributed by atoms with Gasteiger partial charge in [0.15, 0.2) is 0 Å². The summed E-state index contributed by atoms with van der Waals surface area (Å²) in [7, 11) is 14.3. The molecule has 0 spiro atoms. The van der Waals surface area contributed by atoms with Crippen LogP contribution in [-0.4, -0.2) is 270 Å².